The Morgan fingerprint density at radius 1 is 1.00 bits per heavy atom. The fourth-order valence-electron chi connectivity index (χ4n) is 3.00. The summed E-state index contributed by atoms with van der Waals surface area (Å²) >= 11 is 0. The largest absolute Gasteiger partial charge is 0.497 e. The summed E-state index contributed by atoms with van der Waals surface area (Å²) in [6.45, 7) is 0. The normalized spacial score (nSPS) is 10.7. The highest BCUT2D eigenvalue weighted by Gasteiger charge is 2.16. The summed E-state index contributed by atoms with van der Waals surface area (Å²) in [7, 11) is 1.60. The molecular weight excluding hydrogens is 342 g/mol. The van der Waals surface area contributed by atoms with Gasteiger partial charge in [-0.05, 0) is 50.9 Å². The lowest BCUT2D eigenvalue weighted by Crippen LogP contribution is -2.15. The van der Waals surface area contributed by atoms with E-state index < -0.39 is 0 Å². The molecule has 1 aromatic heterocycles. The first-order chi connectivity index (χ1) is 13.2. The lowest BCUT2D eigenvalue weighted by molar-refractivity contribution is -0.115. The highest BCUT2D eigenvalue weighted by Crippen LogP contribution is 2.26. The van der Waals surface area contributed by atoms with Crippen molar-refractivity contribution in [1.82, 2.24) is 10.3 Å². The first-order valence-corrected chi connectivity index (χ1v) is 8.48. The maximum atomic E-state index is 12.6. The Morgan fingerprint density at radius 2 is 1.78 bits per heavy atom. The minimum absolute atomic E-state index is 0.184. The van der Waals surface area contributed by atoms with Crippen molar-refractivity contribution in [3.05, 3.63) is 72.3 Å². The molecule has 0 atom stereocenters. The van der Waals surface area contributed by atoms with Crippen LogP contribution in [0.1, 0.15) is 5.56 Å². The number of carbonyl (C=O) groups excluding carboxylic acids is 1. The van der Waals surface area contributed by atoms with Crippen molar-refractivity contribution in [1.29, 1.82) is 0 Å². The van der Waals surface area contributed by atoms with Gasteiger partial charge in [0.1, 0.15) is 5.75 Å². The maximum absolute atomic E-state index is 12.6. The van der Waals surface area contributed by atoms with E-state index in [9.17, 15) is 4.79 Å². The number of anilines is 1. The zero-order valence-corrected chi connectivity index (χ0v) is 14.7. The van der Waals surface area contributed by atoms with Gasteiger partial charge >= 0.3 is 0 Å². The summed E-state index contributed by atoms with van der Waals surface area (Å²) in [5.41, 5.74) is 2.20. The van der Waals surface area contributed by atoms with Crippen LogP contribution >= 0.6 is 0 Å². The number of methoxy groups -OCH3 is 1. The second-order valence-electron chi connectivity index (χ2n) is 6.05. The smallest absolute Gasteiger partial charge is 0.230 e. The lowest BCUT2D eigenvalue weighted by Gasteiger charge is -2.07. The molecule has 0 aliphatic carbocycles. The van der Waals surface area contributed by atoms with Crippen molar-refractivity contribution < 1.29 is 14.2 Å². The van der Waals surface area contributed by atoms with Crippen LogP contribution in [-0.2, 0) is 11.2 Å². The first kappa shape index (κ1) is 16.8. The van der Waals surface area contributed by atoms with E-state index in [2.05, 4.69) is 15.6 Å². The molecule has 3 aromatic carbocycles. The average molecular weight is 359 g/mol. The second kappa shape index (κ2) is 7.29. The molecule has 4 aromatic rings. The van der Waals surface area contributed by atoms with Gasteiger partial charge in [-0.15, -0.1) is 0 Å². The van der Waals surface area contributed by atoms with E-state index in [1.165, 1.54) is 0 Å². The van der Waals surface area contributed by atoms with Gasteiger partial charge in [0, 0.05) is 5.56 Å². The molecule has 0 fully saturated rings. The molecule has 1 amide bonds. The first-order valence-electron chi connectivity index (χ1n) is 8.48. The van der Waals surface area contributed by atoms with Crippen molar-refractivity contribution in [3.63, 3.8) is 0 Å². The number of ether oxygens (including phenoxy) is 1. The summed E-state index contributed by atoms with van der Waals surface area (Å²) in [5.74, 6) is 0.846. The topological polar surface area (TPSA) is 77.2 Å². The Labute approximate surface area is 155 Å². The van der Waals surface area contributed by atoms with Crippen molar-refractivity contribution in [2.45, 2.75) is 6.42 Å². The molecule has 0 unspecified atom stereocenters. The molecular formula is C21H17N3O3. The maximum Gasteiger partial charge on any atom is 0.230 e. The molecule has 0 spiro atoms. The third kappa shape index (κ3) is 3.50. The molecule has 0 aliphatic rings. The molecule has 4 rings (SSSR count). The Balaban J connectivity index is 1.54. The van der Waals surface area contributed by atoms with Gasteiger partial charge in [0.05, 0.1) is 13.5 Å². The number of benzene rings is 3. The number of carbonyl (C=O) groups is 1. The standard InChI is InChI=1S/C21H17N3O3/c1-26-17-11-9-15(10-12-17)20-21(24-27-23-20)22-19(25)13-16-7-4-6-14-5-2-3-8-18(14)16/h2-12H,13H2,1H3,(H,22,24,25). The predicted octanol–water partition coefficient (Wildman–Crippen LogP) is 4.08. The van der Waals surface area contributed by atoms with Crippen LogP contribution in [0.25, 0.3) is 22.0 Å². The van der Waals surface area contributed by atoms with E-state index >= 15 is 0 Å². The van der Waals surface area contributed by atoms with Crippen molar-refractivity contribution in [3.8, 4) is 17.0 Å². The van der Waals surface area contributed by atoms with E-state index in [1.54, 1.807) is 7.11 Å². The molecule has 0 bridgehead atoms. The molecule has 0 saturated heterocycles. The van der Waals surface area contributed by atoms with E-state index in [4.69, 9.17) is 9.37 Å². The number of aromatic nitrogens is 2. The Bertz CT molecular complexity index is 1080. The molecule has 0 radical (unpaired) electrons. The fraction of sp³-hybridized carbons (Fsp3) is 0.0952. The van der Waals surface area contributed by atoms with Gasteiger partial charge in [-0.2, -0.15) is 0 Å². The van der Waals surface area contributed by atoms with E-state index in [-0.39, 0.29) is 12.3 Å². The molecule has 1 heterocycles. The molecule has 134 valence electrons. The molecule has 0 aliphatic heterocycles. The molecule has 1 N–H and O–H groups in total. The van der Waals surface area contributed by atoms with Crippen molar-refractivity contribution >= 4 is 22.5 Å². The second-order valence-corrected chi connectivity index (χ2v) is 6.05. The Hall–Kier alpha value is -3.67. The Morgan fingerprint density at radius 3 is 2.59 bits per heavy atom. The summed E-state index contributed by atoms with van der Waals surface area (Å²) in [4.78, 5) is 12.6. The van der Waals surface area contributed by atoms with Gasteiger partial charge in [0.2, 0.25) is 11.7 Å². The highest BCUT2D eigenvalue weighted by molar-refractivity contribution is 5.97. The van der Waals surface area contributed by atoms with Crippen molar-refractivity contribution in [2.24, 2.45) is 0 Å². The molecule has 0 saturated carbocycles. The number of amides is 1. The van der Waals surface area contributed by atoms with Gasteiger partial charge < -0.3 is 10.1 Å². The van der Waals surface area contributed by atoms with E-state index in [0.717, 1.165) is 27.6 Å². The zero-order valence-electron chi connectivity index (χ0n) is 14.7. The number of nitrogens with zero attached hydrogens (tertiary/aromatic N) is 2. The van der Waals surface area contributed by atoms with Crippen LogP contribution in [0.15, 0.2) is 71.4 Å². The molecule has 27 heavy (non-hydrogen) atoms. The monoisotopic (exact) mass is 359 g/mol. The van der Waals surface area contributed by atoms with Crippen LogP contribution < -0.4 is 10.1 Å². The van der Waals surface area contributed by atoms with Crippen LogP contribution in [0.3, 0.4) is 0 Å². The lowest BCUT2D eigenvalue weighted by atomic mass is 10.0. The molecule has 6 heteroatoms. The average Bonchev–Trinajstić information content (AvgIpc) is 3.16. The summed E-state index contributed by atoms with van der Waals surface area (Å²) in [5, 5.41) is 12.7. The van der Waals surface area contributed by atoms with Gasteiger partial charge in [-0.25, -0.2) is 4.63 Å². The third-order valence-corrected chi connectivity index (χ3v) is 4.34. The third-order valence-electron chi connectivity index (χ3n) is 4.34. The minimum atomic E-state index is -0.184. The Kier molecular flexibility index (Phi) is 4.53. The number of hydrogen-bond donors (Lipinski definition) is 1. The summed E-state index contributed by atoms with van der Waals surface area (Å²) < 4.78 is 9.99. The van der Waals surface area contributed by atoms with Gasteiger partial charge in [0.25, 0.3) is 0 Å². The van der Waals surface area contributed by atoms with Gasteiger partial charge in [-0.3, -0.25) is 4.79 Å². The summed E-state index contributed by atoms with van der Waals surface area (Å²) in [6.07, 6.45) is 0.232. The van der Waals surface area contributed by atoms with Crippen LogP contribution in [0.2, 0.25) is 0 Å². The SMILES string of the molecule is COc1ccc(-c2nonc2NC(=O)Cc2cccc3ccccc23)cc1. The fourth-order valence-corrected chi connectivity index (χ4v) is 3.00. The van der Waals surface area contributed by atoms with Crippen LogP contribution in [0, 0.1) is 0 Å². The van der Waals surface area contributed by atoms with E-state index in [0.29, 0.717) is 11.5 Å². The van der Waals surface area contributed by atoms with Crippen LogP contribution in [-0.4, -0.2) is 23.3 Å². The highest BCUT2D eigenvalue weighted by atomic mass is 16.6. The number of rotatable bonds is 5. The van der Waals surface area contributed by atoms with Crippen LogP contribution in [0.5, 0.6) is 5.75 Å². The zero-order chi connectivity index (χ0) is 18.6. The number of nitrogens with one attached hydrogen (secondary N) is 1. The quantitative estimate of drug-likeness (QED) is 0.581. The van der Waals surface area contributed by atoms with Gasteiger partial charge in [-0.1, -0.05) is 42.5 Å². The number of fused-ring (bicyclic) bond motifs is 1. The minimum Gasteiger partial charge on any atom is -0.497 e. The predicted molar refractivity (Wildman–Crippen MR) is 103 cm³/mol. The van der Waals surface area contributed by atoms with E-state index in [1.807, 2.05) is 66.7 Å². The summed E-state index contributed by atoms with van der Waals surface area (Å²) in [6, 6.07) is 21.2. The number of hydrogen-bond acceptors (Lipinski definition) is 5. The van der Waals surface area contributed by atoms with Gasteiger partial charge in [0.15, 0.2) is 5.69 Å². The molecule has 6 nitrogen and oxygen atoms in total. The van der Waals surface area contributed by atoms with Crippen molar-refractivity contribution in [2.75, 3.05) is 12.4 Å². The van der Waals surface area contributed by atoms with Crippen LogP contribution in [0.4, 0.5) is 5.82 Å².